The number of aromatic nitrogens is 1. The molecule has 3 aromatic rings. The van der Waals surface area contributed by atoms with E-state index in [1.54, 1.807) is 7.11 Å². The quantitative estimate of drug-likeness (QED) is 0.615. The average Bonchev–Trinajstić information content (AvgIpc) is 2.77. The number of pyridine rings is 1. The molecule has 1 amide bonds. The Morgan fingerprint density at radius 3 is 2.68 bits per heavy atom. The maximum Gasteiger partial charge on any atom is 0.233 e. The summed E-state index contributed by atoms with van der Waals surface area (Å²) in [6, 6.07) is 18.2. The van der Waals surface area contributed by atoms with Gasteiger partial charge < -0.3 is 14.4 Å². The van der Waals surface area contributed by atoms with Gasteiger partial charge in [0.2, 0.25) is 5.91 Å². The number of rotatable bonds is 5. The predicted molar refractivity (Wildman–Crippen MR) is 112 cm³/mol. The van der Waals surface area contributed by atoms with Crippen molar-refractivity contribution in [3.63, 3.8) is 0 Å². The zero-order chi connectivity index (χ0) is 19.3. The molecule has 0 aliphatic carbocycles. The molecule has 0 saturated carbocycles. The van der Waals surface area contributed by atoms with E-state index in [-0.39, 0.29) is 5.91 Å². The van der Waals surface area contributed by atoms with Gasteiger partial charge in [0.25, 0.3) is 0 Å². The molecule has 4 rings (SSSR count). The largest absolute Gasteiger partial charge is 0.497 e. The Kier molecular flexibility index (Phi) is 5.78. The zero-order valence-corrected chi connectivity index (χ0v) is 16.6. The maximum absolute atomic E-state index is 12.5. The number of amides is 1. The summed E-state index contributed by atoms with van der Waals surface area (Å²) in [5.41, 5.74) is 3.10. The Hall–Kier alpha value is -2.57. The molecule has 144 valence electrons. The molecule has 0 atom stereocenters. The van der Waals surface area contributed by atoms with Gasteiger partial charge in [-0.15, -0.1) is 0 Å². The van der Waals surface area contributed by atoms with Gasteiger partial charge in [-0.1, -0.05) is 42.1 Å². The van der Waals surface area contributed by atoms with Crippen LogP contribution in [0.5, 0.6) is 5.75 Å². The van der Waals surface area contributed by atoms with Crippen molar-refractivity contribution in [3.8, 4) is 16.9 Å². The topological polar surface area (TPSA) is 51.7 Å². The van der Waals surface area contributed by atoms with Gasteiger partial charge in [-0.05, 0) is 29.3 Å². The first-order valence-electron chi connectivity index (χ1n) is 9.27. The third-order valence-corrected chi connectivity index (χ3v) is 5.68. The summed E-state index contributed by atoms with van der Waals surface area (Å²) < 4.78 is 10.7. The highest BCUT2D eigenvalue weighted by molar-refractivity contribution is 7.99. The van der Waals surface area contributed by atoms with E-state index in [4.69, 9.17) is 14.5 Å². The normalized spacial score (nSPS) is 14.2. The summed E-state index contributed by atoms with van der Waals surface area (Å²) in [7, 11) is 1.65. The number of fused-ring (bicyclic) bond motifs is 1. The number of hydrogen-bond acceptors (Lipinski definition) is 5. The van der Waals surface area contributed by atoms with Crippen molar-refractivity contribution >= 4 is 28.6 Å². The SMILES string of the molecule is COc1ccc2c(-c3ccccc3)cc(SCC(=O)N3CCOCC3)nc2c1. The molecule has 1 fully saturated rings. The lowest BCUT2D eigenvalue weighted by Crippen LogP contribution is -2.41. The van der Waals surface area contributed by atoms with Gasteiger partial charge in [-0.3, -0.25) is 4.79 Å². The number of hydrogen-bond donors (Lipinski definition) is 0. The monoisotopic (exact) mass is 394 g/mol. The van der Waals surface area contributed by atoms with E-state index in [9.17, 15) is 4.79 Å². The number of benzene rings is 2. The van der Waals surface area contributed by atoms with Crippen molar-refractivity contribution in [3.05, 3.63) is 54.6 Å². The third-order valence-electron chi connectivity index (χ3n) is 4.79. The summed E-state index contributed by atoms with van der Waals surface area (Å²) >= 11 is 1.48. The van der Waals surface area contributed by atoms with E-state index in [1.165, 1.54) is 11.8 Å². The molecule has 6 heteroatoms. The molecular formula is C22H22N2O3S. The molecule has 1 aromatic heterocycles. The Morgan fingerprint density at radius 2 is 1.93 bits per heavy atom. The van der Waals surface area contributed by atoms with Gasteiger partial charge in [0.05, 0.1) is 36.6 Å². The zero-order valence-electron chi connectivity index (χ0n) is 15.8. The number of nitrogens with zero attached hydrogens (tertiary/aromatic N) is 2. The molecule has 1 aliphatic rings. The van der Waals surface area contributed by atoms with Crippen LogP contribution in [0.1, 0.15) is 0 Å². The van der Waals surface area contributed by atoms with Crippen LogP contribution in [0.4, 0.5) is 0 Å². The molecule has 1 aliphatic heterocycles. The lowest BCUT2D eigenvalue weighted by Gasteiger charge is -2.26. The molecule has 28 heavy (non-hydrogen) atoms. The van der Waals surface area contributed by atoms with Crippen LogP contribution in [0, 0.1) is 0 Å². The van der Waals surface area contributed by atoms with Crippen molar-refractivity contribution in [2.45, 2.75) is 5.03 Å². The number of thioether (sulfide) groups is 1. The van der Waals surface area contributed by atoms with Gasteiger partial charge in [0.1, 0.15) is 5.75 Å². The van der Waals surface area contributed by atoms with Crippen molar-refractivity contribution in [2.75, 3.05) is 39.2 Å². The van der Waals surface area contributed by atoms with E-state index in [0.717, 1.165) is 32.8 Å². The number of morpholine rings is 1. The number of carbonyl (C=O) groups excluding carboxylic acids is 1. The van der Waals surface area contributed by atoms with Crippen LogP contribution in [0.2, 0.25) is 0 Å². The predicted octanol–water partition coefficient (Wildman–Crippen LogP) is 3.86. The molecule has 0 spiro atoms. The van der Waals surface area contributed by atoms with Crippen LogP contribution in [-0.2, 0) is 9.53 Å². The fourth-order valence-electron chi connectivity index (χ4n) is 3.28. The highest BCUT2D eigenvalue weighted by Crippen LogP contribution is 2.33. The second-order valence-corrected chi connectivity index (χ2v) is 7.53. The Labute approximate surface area is 168 Å². The molecule has 2 heterocycles. The highest BCUT2D eigenvalue weighted by Gasteiger charge is 2.17. The van der Waals surface area contributed by atoms with E-state index in [2.05, 4.69) is 18.2 Å². The molecule has 5 nitrogen and oxygen atoms in total. The van der Waals surface area contributed by atoms with Gasteiger partial charge in [-0.2, -0.15) is 0 Å². The van der Waals surface area contributed by atoms with Gasteiger partial charge in [0.15, 0.2) is 0 Å². The van der Waals surface area contributed by atoms with E-state index < -0.39 is 0 Å². The molecule has 0 bridgehead atoms. The summed E-state index contributed by atoms with van der Waals surface area (Å²) in [5, 5.41) is 1.90. The maximum atomic E-state index is 12.5. The van der Waals surface area contributed by atoms with Crippen molar-refractivity contribution < 1.29 is 14.3 Å². The molecule has 0 N–H and O–H groups in total. The number of methoxy groups -OCH3 is 1. The molecule has 0 unspecified atom stereocenters. The van der Waals surface area contributed by atoms with Crippen molar-refractivity contribution in [1.29, 1.82) is 0 Å². The third kappa shape index (κ3) is 4.13. The minimum Gasteiger partial charge on any atom is -0.497 e. The summed E-state index contributed by atoms with van der Waals surface area (Å²) in [6.07, 6.45) is 0. The molecule has 2 aromatic carbocycles. The molecule has 1 saturated heterocycles. The fraction of sp³-hybridized carbons (Fsp3) is 0.273. The Bertz CT molecular complexity index is 972. The standard InChI is InChI=1S/C22H22N2O3S/c1-26-17-7-8-18-19(16-5-3-2-4-6-16)14-21(23-20(18)13-17)28-15-22(25)24-9-11-27-12-10-24/h2-8,13-14H,9-12,15H2,1H3. The first-order valence-corrected chi connectivity index (χ1v) is 10.3. The minimum atomic E-state index is 0.127. The van der Waals surface area contributed by atoms with Crippen molar-refractivity contribution in [1.82, 2.24) is 9.88 Å². The first kappa shape index (κ1) is 18.8. The molecule has 0 radical (unpaired) electrons. The highest BCUT2D eigenvalue weighted by atomic mass is 32.2. The van der Waals surface area contributed by atoms with Crippen LogP contribution in [0.25, 0.3) is 22.0 Å². The lowest BCUT2D eigenvalue weighted by atomic mass is 10.0. The van der Waals surface area contributed by atoms with Crippen LogP contribution in [0.15, 0.2) is 59.6 Å². The smallest absolute Gasteiger partial charge is 0.233 e. The second-order valence-electron chi connectivity index (χ2n) is 6.54. The second kappa shape index (κ2) is 8.63. The van der Waals surface area contributed by atoms with Gasteiger partial charge in [0, 0.05) is 24.5 Å². The molecular weight excluding hydrogens is 372 g/mol. The summed E-state index contributed by atoms with van der Waals surface area (Å²) in [5.74, 6) is 1.27. The summed E-state index contributed by atoms with van der Waals surface area (Å²) in [6.45, 7) is 2.55. The van der Waals surface area contributed by atoms with Crippen LogP contribution in [-0.4, -0.2) is 55.0 Å². The van der Waals surface area contributed by atoms with E-state index in [1.807, 2.05) is 41.3 Å². The average molecular weight is 394 g/mol. The summed E-state index contributed by atoms with van der Waals surface area (Å²) in [4.78, 5) is 19.1. The van der Waals surface area contributed by atoms with Gasteiger partial charge in [-0.25, -0.2) is 4.98 Å². The fourth-order valence-corrected chi connectivity index (χ4v) is 4.10. The van der Waals surface area contributed by atoms with Gasteiger partial charge >= 0.3 is 0 Å². The lowest BCUT2D eigenvalue weighted by molar-refractivity contribution is -0.132. The number of ether oxygens (including phenoxy) is 2. The van der Waals surface area contributed by atoms with E-state index in [0.29, 0.717) is 32.1 Å². The van der Waals surface area contributed by atoms with Crippen LogP contribution in [0.3, 0.4) is 0 Å². The van der Waals surface area contributed by atoms with E-state index >= 15 is 0 Å². The first-order chi connectivity index (χ1) is 13.7. The van der Waals surface area contributed by atoms with Crippen LogP contribution < -0.4 is 4.74 Å². The van der Waals surface area contributed by atoms with Crippen molar-refractivity contribution in [2.24, 2.45) is 0 Å². The number of carbonyl (C=O) groups is 1. The van der Waals surface area contributed by atoms with Crippen LogP contribution >= 0.6 is 11.8 Å². The minimum absolute atomic E-state index is 0.127. The Morgan fingerprint density at radius 1 is 1.14 bits per heavy atom. The Balaban J connectivity index is 1.65.